The van der Waals surface area contributed by atoms with Crippen molar-refractivity contribution in [1.82, 2.24) is 10.2 Å². The molecule has 15 heavy (non-hydrogen) atoms. The van der Waals surface area contributed by atoms with Crippen LogP contribution in [0.5, 0.6) is 0 Å². The molecule has 0 saturated heterocycles. The largest absolute Gasteiger partial charge is 0.480 e. The summed E-state index contributed by atoms with van der Waals surface area (Å²) >= 11 is 0. The second kappa shape index (κ2) is 4.49. The van der Waals surface area contributed by atoms with Crippen molar-refractivity contribution in [3.05, 3.63) is 0 Å². The SMILES string of the molecule is CN(CCC(NC1CC1)C(=O)O)C1CC1. The number of hydrogen-bond acceptors (Lipinski definition) is 3. The van der Waals surface area contributed by atoms with Gasteiger partial charge in [-0.1, -0.05) is 0 Å². The molecule has 4 heteroatoms. The van der Waals surface area contributed by atoms with Crippen LogP contribution in [0.4, 0.5) is 0 Å². The number of hydrogen-bond donors (Lipinski definition) is 2. The first-order valence-electron chi connectivity index (χ1n) is 5.86. The first-order chi connectivity index (χ1) is 7.16. The highest BCUT2D eigenvalue weighted by molar-refractivity contribution is 5.73. The third kappa shape index (κ3) is 3.47. The maximum atomic E-state index is 11.0. The van der Waals surface area contributed by atoms with E-state index in [1.54, 1.807) is 0 Å². The van der Waals surface area contributed by atoms with E-state index >= 15 is 0 Å². The van der Waals surface area contributed by atoms with Crippen molar-refractivity contribution in [2.45, 2.75) is 50.2 Å². The van der Waals surface area contributed by atoms with Crippen molar-refractivity contribution in [1.29, 1.82) is 0 Å². The Labute approximate surface area is 90.6 Å². The Balaban J connectivity index is 1.69. The van der Waals surface area contributed by atoms with Crippen molar-refractivity contribution in [2.24, 2.45) is 0 Å². The van der Waals surface area contributed by atoms with Crippen LogP contribution in [0.25, 0.3) is 0 Å². The summed E-state index contributed by atoms with van der Waals surface area (Å²) in [6, 6.07) is 0.844. The average molecular weight is 212 g/mol. The molecule has 0 bridgehead atoms. The van der Waals surface area contributed by atoms with Gasteiger partial charge in [0, 0.05) is 18.6 Å². The smallest absolute Gasteiger partial charge is 0.320 e. The highest BCUT2D eigenvalue weighted by Gasteiger charge is 2.30. The molecular formula is C11H20N2O2. The van der Waals surface area contributed by atoms with Gasteiger partial charge in [0.05, 0.1) is 0 Å². The quantitative estimate of drug-likeness (QED) is 0.651. The molecule has 0 radical (unpaired) electrons. The van der Waals surface area contributed by atoms with Gasteiger partial charge in [0.2, 0.25) is 0 Å². The molecular weight excluding hydrogens is 192 g/mol. The Morgan fingerprint density at radius 3 is 2.60 bits per heavy atom. The number of nitrogens with one attached hydrogen (secondary N) is 1. The summed E-state index contributed by atoms with van der Waals surface area (Å²) in [7, 11) is 2.09. The van der Waals surface area contributed by atoms with Gasteiger partial charge < -0.3 is 15.3 Å². The molecule has 0 aromatic carbocycles. The van der Waals surface area contributed by atoms with Gasteiger partial charge in [-0.15, -0.1) is 0 Å². The van der Waals surface area contributed by atoms with E-state index in [2.05, 4.69) is 17.3 Å². The third-order valence-electron chi connectivity index (χ3n) is 3.25. The van der Waals surface area contributed by atoms with E-state index in [1.807, 2.05) is 0 Å². The second-order valence-electron chi connectivity index (χ2n) is 4.83. The van der Waals surface area contributed by atoms with Gasteiger partial charge in [0.15, 0.2) is 0 Å². The average Bonchev–Trinajstić information content (AvgIpc) is 3.02. The van der Waals surface area contributed by atoms with Gasteiger partial charge in [-0.05, 0) is 39.2 Å². The van der Waals surface area contributed by atoms with Crippen LogP contribution in [0.2, 0.25) is 0 Å². The number of nitrogens with zero attached hydrogens (tertiary/aromatic N) is 1. The topological polar surface area (TPSA) is 52.6 Å². The molecule has 0 amide bonds. The van der Waals surface area contributed by atoms with Crippen LogP contribution >= 0.6 is 0 Å². The van der Waals surface area contributed by atoms with Crippen molar-refractivity contribution in [3.8, 4) is 0 Å². The normalized spacial score (nSPS) is 23.1. The van der Waals surface area contributed by atoms with Gasteiger partial charge in [-0.3, -0.25) is 4.79 Å². The van der Waals surface area contributed by atoms with Gasteiger partial charge in [-0.2, -0.15) is 0 Å². The zero-order chi connectivity index (χ0) is 10.8. The maximum absolute atomic E-state index is 11.0. The Morgan fingerprint density at radius 2 is 2.13 bits per heavy atom. The summed E-state index contributed by atoms with van der Waals surface area (Å²) in [4.78, 5) is 13.3. The van der Waals surface area contributed by atoms with Crippen molar-refractivity contribution in [3.63, 3.8) is 0 Å². The number of carboxylic acids is 1. The van der Waals surface area contributed by atoms with E-state index in [0.29, 0.717) is 6.04 Å². The molecule has 2 N–H and O–H groups in total. The lowest BCUT2D eigenvalue weighted by Gasteiger charge is -2.19. The molecule has 4 nitrogen and oxygen atoms in total. The van der Waals surface area contributed by atoms with Crippen LogP contribution < -0.4 is 5.32 Å². The molecule has 0 aromatic heterocycles. The summed E-state index contributed by atoms with van der Waals surface area (Å²) in [5, 5.41) is 12.2. The molecule has 0 heterocycles. The van der Waals surface area contributed by atoms with Crippen LogP contribution in [0, 0.1) is 0 Å². The molecule has 86 valence electrons. The molecule has 0 aliphatic heterocycles. The highest BCUT2D eigenvalue weighted by Crippen LogP contribution is 2.25. The number of rotatable bonds is 7. The zero-order valence-electron chi connectivity index (χ0n) is 9.28. The fraction of sp³-hybridized carbons (Fsp3) is 0.909. The third-order valence-corrected chi connectivity index (χ3v) is 3.25. The lowest BCUT2D eigenvalue weighted by Crippen LogP contribution is -2.40. The summed E-state index contributed by atoms with van der Waals surface area (Å²) in [6.45, 7) is 0.890. The van der Waals surface area contributed by atoms with E-state index < -0.39 is 5.97 Å². The predicted octanol–water partition coefficient (Wildman–Crippen LogP) is 0.676. The summed E-state index contributed by atoms with van der Waals surface area (Å²) in [5.41, 5.74) is 0. The van der Waals surface area contributed by atoms with Crippen molar-refractivity contribution >= 4 is 5.97 Å². The number of aliphatic carboxylic acids is 1. The molecule has 1 unspecified atom stereocenters. The lowest BCUT2D eigenvalue weighted by molar-refractivity contribution is -0.139. The Hall–Kier alpha value is -0.610. The predicted molar refractivity (Wildman–Crippen MR) is 57.9 cm³/mol. The first-order valence-corrected chi connectivity index (χ1v) is 5.86. The molecule has 2 saturated carbocycles. The molecule has 0 aromatic rings. The fourth-order valence-electron chi connectivity index (χ4n) is 1.84. The van der Waals surface area contributed by atoms with Gasteiger partial charge in [0.1, 0.15) is 6.04 Å². The van der Waals surface area contributed by atoms with Gasteiger partial charge in [0.25, 0.3) is 0 Å². The molecule has 2 aliphatic carbocycles. The second-order valence-corrected chi connectivity index (χ2v) is 4.83. The minimum Gasteiger partial charge on any atom is -0.480 e. The Bertz CT molecular complexity index is 237. The maximum Gasteiger partial charge on any atom is 0.320 e. The van der Waals surface area contributed by atoms with E-state index in [1.165, 1.54) is 12.8 Å². The van der Waals surface area contributed by atoms with Crippen LogP contribution in [-0.4, -0.2) is 47.7 Å². The zero-order valence-corrected chi connectivity index (χ0v) is 9.28. The fourth-order valence-corrected chi connectivity index (χ4v) is 1.84. The van der Waals surface area contributed by atoms with Gasteiger partial charge >= 0.3 is 5.97 Å². The lowest BCUT2D eigenvalue weighted by atomic mass is 10.2. The van der Waals surface area contributed by atoms with Crippen LogP contribution in [0.15, 0.2) is 0 Å². The van der Waals surface area contributed by atoms with Crippen molar-refractivity contribution in [2.75, 3.05) is 13.6 Å². The standard InChI is InChI=1S/C11H20N2O2/c1-13(9-4-5-9)7-6-10(11(14)15)12-8-2-3-8/h8-10,12H,2-7H2,1H3,(H,14,15). The number of carboxylic acid groups (broad SMARTS) is 1. The molecule has 2 fully saturated rings. The highest BCUT2D eigenvalue weighted by atomic mass is 16.4. The van der Waals surface area contributed by atoms with E-state index in [4.69, 9.17) is 5.11 Å². The van der Waals surface area contributed by atoms with E-state index in [0.717, 1.165) is 31.8 Å². The first kappa shape index (κ1) is 10.9. The molecule has 2 aliphatic rings. The minimum absolute atomic E-state index is 0.348. The minimum atomic E-state index is -0.703. The molecule has 0 spiro atoms. The Kier molecular flexibility index (Phi) is 3.26. The summed E-state index contributed by atoms with van der Waals surface area (Å²) in [5.74, 6) is -0.703. The molecule has 1 atom stereocenters. The van der Waals surface area contributed by atoms with Crippen LogP contribution in [0.3, 0.4) is 0 Å². The van der Waals surface area contributed by atoms with E-state index in [9.17, 15) is 4.79 Å². The monoisotopic (exact) mass is 212 g/mol. The summed E-state index contributed by atoms with van der Waals surface area (Å²) < 4.78 is 0. The summed E-state index contributed by atoms with van der Waals surface area (Å²) in [6.07, 6.45) is 5.57. The van der Waals surface area contributed by atoms with E-state index in [-0.39, 0.29) is 6.04 Å². The van der Waals surface area contributed by atoms with Gasteiger partial charge in [-0.25, -0.2) is 0 Å². The number of carbonyl (C=O) groups is 1. The van der Waals surface area contributed by atoms with Crippen LogP contribution in [0.1, 0.15) is 32.1 Å². The van der Waals surface area contributed by atoms with Crippen molar-refractivity contribution < 1.29 is 9.90 Å². The van der Waals surface area contributed by atoms with Crippen LogP contribution in [-0.2, 0) is 4.79 Å². The molecule has 2 rings (SSSR count). The Morgan fingerprint density at radius 1 is 1.47 bits per heavy atom.